The van der Waals surface area contributed by atoms with Gasteiger partial charge >= 0.3 is 0 Å². The summed E-state index contributed by atoms with van der Waals surface area (Å²) in [4.78, 5) is 8.51. The molecule has 5 nitrogen and oxygen atoms in total. The maximum atomic E-state index is 13.2. The van der Waals surface area contributed by atoms with Crippen molar-refractivity contribution in [1.29, 1.82) is 0 Å². The summed E-state index contributed by atoms with van der Waals surface area (Å²) < 4.78 is 18.3. The van der Waals surface area contributed by atoms with E-state index in [0.29, 0.717) is 6.54 Å². The highest BCUT2D eigenvalue weighted by molar-refractivity contribution is 14.0. The van der Waals surface area contributed by atoms with Crippen LogP contribution in [0.15, 0.2) is 29.3 Å². The molecule has 0 saturated carbocycles. The van der Waals surface area contributed by atoms with Crippen molar-refractivity contribution in [2.24, 2.45) is 4.99 Å². The van der Waals surface area contributed by atoms with Crippen LogP contribution < -0.4 is 5.32 Å². The summed E-state index contributed by atoms with van der Waals surface area (Å²) in [7, 11) is 7.51. The zero-order valence-corrected chi connectivity index (χ0v) is 17.4. The van der Waals surface area contributed by atoms with Gasteiger partial charge in [-0.1, -0.05) is 12.1 Å². The highest BCUT2D eigenvalue weighted by atomic mass is 127. The molecule has 1 aromatic carbocycles. The van der Waals surface area contributed by atoms with Crippen molar-refractivity contribution >= 4 is 29.9 Å². The summed E-state index contributed by atoms with van der Waals surface area (Å²) in [5, 5.41) is 3.34. The van der Waals surface area contributed by atoms with Gasteiger partial charge in [-0.15, -0.1) is 24.0 Å². The van der Waals surface area contributed by atoms with E-state index in [4.69, 9.17) is 4.74 Å². The van der Waals surface area contributed by atoms with E-state index in [0.717, 1.165) is 44.2 Å². The Morgan fingerprint density at radius 3 is 2.67 bits per heavy atom. The van der Waals surface area contributed by atoms with Crippen LogP contribution in [0.4, 0.5) is 4.39 Å². The molecule has 0 unspecified atom stereocenters. The van der Waals surface area contributed by atoms with Gasteiger partial charge in [-0.25, -0.2) is 4.39 Å². The molecule has 0 fully saturated rings. The molecule has 0 amide bonds. The van der Waals surface area contributed by atoms with Crippen molar-refractivity contribution in [3.05, 3.63) is 35.6 Å². The second-order valence-electron chi connectivity index (χ2n) is 5.61. The van der Waals surface area contributed by atoms with Gasteiger partial charge in [-0.2, -0.15) is 0 Å². The third-order valence-corrected chi connectivity index (χ3v) is 3.56. The van der Waals surface area contributed by atoms with Gasteiger partial charge in [0.2, 0.25) is 0 Å². The Bertz CT molecular complexity index is 487. The minimum Gasteiger partial charge on any atom is -0.383 e. The molecule has 0 atom stereocenters. The van der Waals surface area contributed by atoms with Crippen LogP contribution in [-0.2, 0) is 11.3 Å². The number of hydrogen-bond donors (Lipinski definition) is 1. The minimum atomic E-state index is -0.210. The first-order chi connectivity index (χ1) is 11.1. The van der Waals surface area contributed by atoms with Gasteiger partial charge in [0.15, 0.2) is 5.96 Å². The molecule has 24 heavy (non-hydrogen) atoms. The zero-order valence-electron chi connectivity index (χ0n) is 15.1. The lowest BCUT2D eigenvalue weighted by molar-refractivity contribution is 0.161. The van der Waals surface area contributed by atoms with Crippen LogP contribution >= 0.6 is 24.0 Å². The summed E-state index contributed by atoms with van der Waals surface area (Å²) in [6, 6.07) is 6.65. The smallest absolute Gasteiger partial charge is 0.193 e. The average Bonchev–Trinajstić information content (AvgIpc) is 2.52. The molecule has 0 aliphatic carbocycles. The number of likely N-dealkylation sites (N-methyl/N-ethyl adjacent to an activating group) is 1. The van der Waals surface area contributed by atoms with Gasteiger partial charge in [0, 0.05) is 40.8 Å². The summed E-state index contributed by atoms with van der Waals surface area (Å²) in [6.45, 7) is 4.15. The molecule has 7 heteroatoms. The Morgan fingerprint density at radius 1 is 1.29 bits per heavy atom. The Morgan fingerprint density at radius 2 is 2.04 bits per heavy atom. The topological polar surface area (TPSA) is 40.1 Å². The lowest BCUT2D eigenvalue weighted by atomic mass is 10.2. The Kier molecular flexibility index (Phi) is 12.9. The monoisotopic (exact) mass is 452 g/mol. The van der Waals surface area contributed by atoms with E-state index in [1.165, 1.54) is 6.07 Å². The highest BCUT2D eigenvalue weighted by Crippen LogP contribution is 2.06. The van der Waals surface area contributed by atoms with E-state index in [1.54, 1.807) is 26.3 Å². The number of nitrogens with zero attached hydrogens (tertiary/aromatic N) is 3. The van der Waals surface area contributed by atoms with Gasteiger partial charge in [-0.3, -0.25) is 4.99 Å². The van der Waals surface area contributed by atoms with Crippen molar-refractivity contribution in [1.82, 2.24) is 15.1 Å². The van der Waals surface area contributed by atoms with Crippen LogP contribution in [0.2, 0.25) is 0 Å². The number of guanidine groups is 1. The Hall–Kier alpha value is -0.930. The lowest BCUT2D eigenvalue weighted by Gasteiger charge is -2.23. The van der Waals surface area contributed by atoms with Crippen LogP contribution in [0.3, 0.4) is 0 Å². The second kappa shape index (κ2) is 13.4. The van der Waals surface area contributed by atoms with Gasteiger partial charge in [0.05, 0.1) is 6.61 Å². The summed E-state index contributed by atoms with van der Waals surface area (Å²) >= 11 is 0. The molecule has 0 radical (unpaired) electrons. The SMILES string of the molecule is CN=C(NCCCN(C)CCOC)N(C)Cc1cccc(F)c1.I. The molecule has 0 heterocycles. The van der Waals surface area contributed by atoms with E-state index >= 15 is 0 Å². The quantitative estimate of drug-likeness (QED) is 0.271. The third-order valence-electron chi connectivity index (χ3n) is 3.56. The number of halogens is 2. The van der Waals surface area contributed by atoms with E-state index in [1.807, 2.05) is 18.0 Å². The van der Waals surface area contributed by atoms with Crippen LogP contribution in [0.1, 0.15) is 12.0 Å². The van der Waals surface area contributed by atoms with Crippen LogP contribution in [0.25, 0.3) is 0 Å². The van der Waals surface area contributed by atoms with Crippen molar-refractivity contribution in [2.75, 3.05) is 54.5 Å². The number of ether oxygens (including phenoxy) is 1. The number of rotatable bonds is 9. The zero-order chi connectivity index (χ0) is 17.1. The maximum absolute atomic E-state index is 13.2. The normalized spacial score (nSPS) is 11.3. The van der Waals surface area contributed by atoms with Crippen molar-refractivity contribution in [2.45, 2.75) is 13.0 Å². The van der Waals surface area contributed by atoms with Gasteiger partial charge in [0.1, 0.15) is 5.82 Å². The fourth-order valence-electron chi connectivity index (χ4n) is 2.28. The van der Waals surface area contributed by atoms with Gasteiger partial charge in [-0.05, 0) is 37.7 Å². The third kappa shape index (κ3) is 9.39. The minimum absolute atomic E-state index is 0. The highest BCUT2D eigenvalue weighted by Gasteiger charge is 2.07. The number of methoxy groups -OCH3 is 1. The molecule has 1 rings (SSSR count). The molecule has 1 aromatic rings. The molecular weight excluding hydrogens is 422 g/mol. The standard InChI is InChI=1S/C17H29FN4O.HI/c1-19-17(20-9-6-10-21(2)11-12-23-4)22(3)14-15-7-5-8-16(18)13-15;/h5,7-8,13H,6,9-12,14H2,1-4H3,(H,19,20);1H. The Labute approximate surface area is 162 Å². The molecule has 0 aliphatic rings. The van der Waals surface area contributed by atoms with E-state index < -0.39 is 0 Å². The van der Waals surface area contributed by atoms with E-state index in [9.17, 15) is 4.39 Å². The Balaban J connectivity index is 0.00000529. The number of benzene rings is 1. The summed E-state index contributed by atoms with van der Waals surface area (Å²) in [5.41, 5.74) is 0.926. The van der Waals surface area contributed by atoms with Crippen molar-refractivity contribution in [3.63, 3.8) is 0 Å². The fourth-order valence-corrected chi connectivity index (χ4v) is 2.28. The van der Waals surface area contributed by atoms with Gasteiger partial charge < -0.3 is 19.9 Å². The van der Waals surface area contributed by atoms with E-state index in [-0.39, 0.29) is 29.8 Å². The fraction of sp³-hybridized carbons (Fsp3) is 0.588. The first kappa shape index (κ1) is 23.1. The number of aliphatic imine (C=N–C) groups is 1. The number of hydrogen-bond acceptors (Lipinski definition) is 3. The van der Waals surface area contributed by atoms with Crippen LogP contribution in [-0.4, -0.2) is 70.3 Å². The molecule has 0 saturated heterocycles. The first-order valence-corrected chi connectivity index (χ1v) is 7.90. The summed E-state index contributed by atoms with van der Waals surface area (Å²) in [6.07, 6.45) is 1.02. The molecule has 0 bridgehead atoms. The molecular formula is C17H30FIN4O. The molecule has 0 spiro atoms. The molecule has 0 aromatic heterocycles. The van der Waals surface area contributed by atoms with Crippen molar-refractivity contribution in [3.8, 4) is 0 Å². The number of nitrogens with one attached hydrogen (secondary N) is 1. The van der Waals surface area contributed by atoms with E-state index in [2.05, 4.69) is 22.3 Å². The van der Waals surface area contributed by atoms with Crippen LogP contribution in [0.5, 0.6) is 0 Å². The largest absolute Gasteiger partial charge is 0.383 e. The average molecular weight is 452 g/mol. The first-order valence-electron chi connectivity index (χ1n) is 7.90. The van der Waals surface area contributed by atoms with Gasteiger partial charge in [0.25, 0.3) is 0 Å². The molecule has 138 valence electrons. The lowest BCUT2D eigenvalue weighted by Crippen LogP contribution is -2.39. The summed E-state index contributed by atoms with van der Waals surface area (Å²) in [5.74, 6) is 0.603. The molecule has 0 aliphatic heterocycles. The maximum Gasteiger partial charge on any atom is 0.193 e. The van der Waals surface area contributed by atoms with Crippen molar-refractivity contribution < 1.29 is 9.13 Å². The molecule has 1 N–H and O–H groups in total. The predicted octanol–water partition coefficient (Wildman–Crippen LogP) is 2.42. The predicted molar refractivity (Wildman–Crippen MR) is 109 cm³/mol. The van der Waals surface area contributed by atoms with Crippen LogP contribution in [0, 0.1) is 5.82 Å². The second-order valence-corrected chi connectivity index (χ2v) is 5.61.